The van der Waals surface area contributed by atoms with Gasteiger partial charge in [0.1, 0.15) is 18.7 Å². The molecule has 0 aliphatic carbocycles. The lowest BCUT2D eigenvalue weighted by Gasteiger charge is -2.18. The maximum absolute atomic E-state index is 12.8. The van der Waals surface area contributed by atoms with Gasteiger partial charge in [0.25, 0.3) is 5.91 Å². The Hall–Kier alpha value is -3.68. The molecule has 1 fully saturated rings. The number of benzene rings is 3. The van der Waals surface area contributed by atoms with Crippen molar-refractivity contribution in [2.75, 3.05) is 11.9 Å². The van der Waals surface area contributed by atoms with Crippen molar-refractivity contribution < 1.29 is 19.5 Å². The van der Waals surface area contributed by atoms with E-state index in [0.717, 1.165) is 21.6 Å². The molecule has 2 atom stereocenters. The molecule has 8 heteroatoms. The number of nitrogens with one attached hydrogen (secondary N) is 2. The Morgan fingerprint density at radius 2 is 1.76 bits per heavy atom. The molecule has 1 aliphatic rings. The molecule has 1 saturated heterocycles. The number of halogens is 1. The fourth-order valence-corrected chi connectivity index (χ4v) is 3.75. The average molecular weight is 464 g/mol. The van der Waals surface area contributed by atoms with E-state index in [0.29, 0.717) is 16.3 Å². The van der Waals surface area contributed by atoms with Crippen LogP contribution in [0.3, 0.4) is 0 Å². The van der Waals surface area contributed by atoms with Crippen molar-refractivity contribution >= 4 is 35.1 Å². The maximum Gasteiger partial charge on any atom is 0.325 e. The van der Waals surface area contributed by atoms with Gasteiger partial charge in [-0.3, -0.25) is 14.5 Å². The fraction of sp³-hybridized carbons (Fsp3) is 0.160. The first-order valence-electron chi connectivity index (χ1n) is 10.3. The quantitative estimate of drug-likeness (QED) is 0.483. The SMILES string of the molecule is Cc1ccc(-c2cccc(C(O)C3NC(=O)N(CC(=O)Nc4ccc(Cl)cc4)C3=O)c2)cc1. The summed E-state index contributed by atoms with van der Waals surface area (Å²) in [5, 5.41) is 16.5. The van der Waals surface area contributed by atoms with E-state index in [1.165, 1.54) is 0 Å². The third-order valence-corrected chi connectivity index (χ3v) is 5.67. The van der Waals surface area contributed by atoms with Crippen molar-refractivity contribution in [3.8, 4) is 11.1 Å². The molecule has 0 aromatic heterocycles. The molecule has 0 spiro atoms. The fourth-order valence-electron chi connectivity index (χ4n) is 3.62. The van der Waals surface area contributed by atoms with Crippen LogP contribution in [-0.4, -0.2) is 40.4 Å². The summed E-state index contributed by atoms with van der Waals surface area (Å²) in [5.41, 5.74) is 3.95. The lowest BCUT2D eigenvalue weighted by molar-refractivity contribution is -0.132. The molecule has 1 heterocycles. The summed E-state index contributed by atoms with van der Waals surface area (Å²) in [6.45, 7) is 1.53. The molecule has 1 aliphatic heterocycles. The largest absolute Gasteiger partial charge is 0.386 e. The zero-order chi connectivity index (χ0) is 23.5. The van der Waals surface area contributed by atoms with Crippen molar-refractivity contribution in [1.82, 2.24) is 10.2 Å². The minimum absolute atomic E-state index is 0.472. The van der Waals surface area contributed by atoms with Gasteiger partial charge in [-0.15, -0.1) is 0 Å². The van der Waals surface area contributed by atoms with Gasteiger partial charge in [0.05, 0.1) is 0 Å². The highest BCUT2D eigenvalue weighted by Gasteiger charge is 2.43. The molecule has 4 amide bonds. The second kappa shape index (κ2) is 9.44. The van der Waals surface area contributed by atoms with Gasteiger partial charge >= 0.3 is 6.03 Å². The normalized spacial score (nSPS) is 16.5. The van der Waals surface area contributed by atoms with Crippen LogP contribution >= 0.6 is 11.6 Å². The van der Waals surface area contributed by atoms with Gasteiger partial charge in [0, 0.05) is 10.7 Å². The molecule has 0 bridgehead atoms. The Bertz CT molecular complexity index is 1200. The highest BCUT2D eigenvalue weighted by Crippen LogP contribution is 2.27. The van der Waals surface area contributed by atoms with E-state index < -0.39 is 36.5 Å². The average Bonchev–Trinajstić information content (AvgIpc) is 3.09. The summed E-state index contributed by atoms with van der Waals surface area (Å²) in [7, 11) is 0. The van der Waals surface area contributed by atoms with Gasteiger partial charge in [-0.05, 0) is 53.9 Å². The summed E-state index contributed by atoms with van der Waals surface area (Å²) >= 11 is 5.83. The monoisotopic (exact) mass is 463 g/mol. The van der Waals surface area contributed by atoms with Gasteiger partial charge in [0.2, 0.25) is 5.91 Å². The molecule has 168 valence electrons. The first-order valence-corrected chi connectivity index (χ1v) is 10.7. The van der Waals surface area contributed by atoms with Gasteiger partial charge in [-0.1, -0.05) is 59.6 Å². The third-order valence-electron chi connectivity index (χ3n) is 5.41. The van der Waals surface area contributed by atoms with E-state index in [1.807, 2.05) is 37.3 Å². The van der Waals surface area contributed by atoms with Crippen LogP contribution in [0.25, 0.3) is 11.1 Å². The highest BCUT2D eigenvalue weighted by molar-refractivity contribution is 6.30. The number of aryl methyl sites for hydroxylation is 1. The second-order valence-corrected chi connectivity index (χ2v) is 8.28. The number of hydrogen-bond donors (Lipinski definition) is 3. The van der Waals surface area contributed by atoms with Crippen LogP contribution in [0.5, 0.6) is 0 Å². The van der Waals surface area contributed by atoms with Crippen molar-refractivity contribution in [3.05, 3.63) is 88.9 Å². The van der Waals surface area contributed by atoms with Crippen molar-refractivity contribution in [1.29, 1.82) is 0 Å². The van der Waals surface area contributed by atoms with Gasteiger partial charge in [-0.25, -0.2) is 4.79 Å². The second-order valence-electron chi connectivity index (χ2n) is 7.84. The van der Waals surface area contributed by atoms with Crippen LogP contribution in [0.4, 0.5) is 10.5 Å². The van der Waals surface area contributed by atoms with Crippen LogP contribution in [0.1, 0.15) is 17.2 Å². The number of carbonyl (C=O) groups is 3. The van der Waals surface area contributed by atoms with Crippen LogP contribution in [-0.2, 0) is 9.59 Å². The van der Waals surface area contributed by atoms with Crippen LogP contribution < -0.4 is 10.6 Å². The molecular weight excluding hydrogens is 442 g/mol. The minimum atomic E-state index is -1.27. The van der Waals surface area contributed by atoms with Gasteiger partial charge in [-0.2, -0.15) is 0 Å². The number of aliphatic hydroxyl groups is 1. The molecule has 3 N–H and O–H groups in total. The summed E-state index contributed by atoms with van der Waals surface area (Å²) in [6, 6.07) is 19.6. The van der Waals surface area contributed by atoms with E-state index in [-0.39, 0.29) is 0 Å². The number of anilines is 1. The zero-order valence-electron chi connectivity index (χ0n) is 17.8. The lowest BCUT2D eigenvalue weighted by Crippen LogP contribution is -2.39. The Labute approximate surface area is 196 Å². The molecule has 33 heavy (non-hydrogen) atoms. The topological polar surface area (TPSA) is 98.7 Å². The maximum atomic E-state index is 12.8. The first-order chi connectivity index (χ1) is 15.8. The van der Waals surface area contributed by atoms with E-state index in [4.69, 9.17) is 11.6 Å². The molecule has 3 aromatic carbocycles. The van der Waals surface area contributed by atoms with Crippen LogP contribution in [0.15, 0.2) is 72.8 Å². The molecule has 0 radical (unpaired) electrons. The zero-order valence-corrected chi connectivity index (χ0v) is 18.5. The van der Waals surface area contributed by atoms with Crippen LogP contribution in [0.2, 0.25) is 5.02 Å². The molecule has 7 nitrogen and oxygen atoms in total. The number of nitrogens with zero attached hydrogens (tertiary/aromatic N) is 1. The number of imide groups is 1. The number of hydrogen-bond acceptors (Lipinski definition) is 4. The minimum Gasteiger partial charge on any atom is -0.386 e. The van der Waals surface area contributed by atoms with Crippen molar-refractivity contribution in [2.45, 2.75) is 19.1 Å². The summed E-state index contributed by atoms with van der Waals surface area (Å²) in [4.78, 5) is 38.3. The van der Waals surface area contributed by atoms with E-state index >= 15 is 0 Å². The molecule has 4 rings (SSSR count). The van der Waals surface area contributed by atoms with Gasteiger partial charge in [0.15, 0.2) is 0 Å². The Morgan fingerprint density at radius 1 is 1.06 bits per heavy atom. The van der Waals surface area contributed by atoms with Crippen molar-refractivity contribution in [2.24, 2.45) is 0 Å². The van der Waals surface area contributed by atoms with Crippen molar-refractivity contribution in [3.63, 3.8) is 0 Å². The van der Waals surface area contributed by atoms with E-state index in [9.17, 15) is 19.5 Å². The smallest absolute Gasteiger partial charge is 0.325 e. The summed E-state index contributed by atoms with van der Waals surface area (Å²) < 4.78 is 0. The predicted molar refractivity (Wildman–Crippen MR) is 126 cm³/mol. The number of rotatable bonds is 6. The molecule has 2 unspecified atom stereocenters. The van der Waals surface area contributed by atoms with E-state index in [2.05, 4.69) is 10.6 Å². The lowest BCUT2D eigenvalue weighted by atomic mass is 9.97. The number of aliphatic hydroxyl groups excluding tert-OH is 1. The molecule has 3 aromatic rings. The summed E-state index contributed by atoms with van der Waals surface area (Å²) in [5.74, 6) is -1.21. The third kappa shape index (κ3) is 5.05. The number of urea groups is 1. The number of carbonyl (C=O) groups excluding carboxylic acids is 3. The molecule has 0 saturated carbocycles. The Balaban J connectivity index is 1.45. The van der Waals surface area contributed by atoms with E-state index in [1.54, 1.807) is 42.5 Å². The molecular formula is C25H22ClN3O4. The summed E-state index contributed by atoms with van der Waals surface area (Å²) in [6.07, 6.45) is -1.27. The highest BCUT2D eigenvalue weighted by atomic mass is 35.5. The number of amides is 4. The van der Waals surface area contributed by atoms with Crippen LogP contribution in [0, 0.1) is 6.92 Å². The standard InChI is InChI=1S/C25H22ClN3O4/c1-15-5-7-16(8-6-15)17-3-2-4-18(13-17)23(31)22-24(32)29(25(33)28-22)14-21(30)27-20-11-9-19(26)10-12-20/h2-13,22-23,31H,14H2,1H3,(H,27,30)(H,28,33). The van der Waals surface area contributed by atoms with Gasteiger partial charge < -0.3 is 15.7 Å². The Morgan fingerprint density at radius 3 is 2.45 bits per heavy atom. The predicted octanol–water partition coefficient (Wildman–Crippen LogP) is 3.91. The first kappa shape index (κ1) is 22.5. The Kier molecular flexibility index (Phi) is 6.44.